The van der Waals surface area contributed by atoms with Crippen molar-refractivity contribution >= 4 is 16.9 Å². The van der Waals surface area contributed by atoms with Gasteiger partial charge in [-0.15, -0.1) is 0 Å². The van der Waals surface area contributed by atoms with Crippen molar-refractivity contribution in [1.29, 1.82) is 0 Å². The van der Waals surface area contributed by atoms with Crippen molar-refractivity contribution in [1.82, 2.24) is 5.32 Å². The Balaban J connectivity index is 1.68. The summed E-state index contributed by atoms with van der Waals surface area (Å²) in [6, 6.07) is 8.61. The highest BCUT2D eigenvalue weighted by Crippen LogP contribution is 2.31. The van der Waals surface area contributed by atoms with Crippen LogP contribution in [0.2, 0.25) is 0 Å². The lowest BCUT2D eigenvalue weighted by atomic mass is 9.86. The van der Waals surface area contributed by atoms with Crippen molar-refractivity contribution in [2.45, 2.75) is 51.6 Å². The second kappa shape index (κ2) is 6.13. The van der Waals surface area contributed by atoms with Crippen molar-refractivity contribution in [2.75, 3.05) is 0 Å². The molecule has 1 fully saturated rings. The van der Waals surface area contributed by atoms with Crippen molar-refractivity contribution in [3.8, 4) is 0 Å². The number of benzene rings is 1. The number of aryl methyl sites for hydroxylation is 1. The zero-order valence-electron chi connectivity index (χ0n) is 13.1. The molecule has 0 aliphatic heterocycles. The van der Waals surface area contributed by atoms with Gasteiger partial charge >= 0.3 is 5.97 Å². The Morgan fingerprint density at radius 1 is 1.27 bits per heavy atom. The molecule has 0 unspecified atom stereocenters. The molecular formula is C18H23NO3. The van der Waals surface area contributed by atoms with Crippen molar-refractivity contribution in [2.24, 2.45) is 5.92 Å². The van der Waals surface area contributed by atoms with Crippen LogP contribution in [-0.2, 0) is 4.79 Å². The van der Waals surface area contributed by atoms with Crippen LogP contribution in [0, 0.1) is 12.8 Å². The molecule has 0 radical (unpaired) electrons. The molecule has 1 aliphatic rings. The third-order valence-electron chi connectivity index (χ3n) is 4.84. The first-order chi connectivity index (χ1) is 10.6. The topological polar surface area (TPSA) is 62.5 Å². The van der Waals surface area contributed by atoms with E-state index in [0.717, 1.165) is 37.0 Å². The Morgan fingerprint density at radius 2 is 1.95 bits per heavy atom. The van der Waals surface area contributed by atoms with E-state index in [-0.39, 0.29) is 12.0 Å². The minimum atomic E-state index is -0.653. The molecule has 1 aromatic carbocycles. The Hall–Kier alpha value is -1.81. The first kappa shape index (κ1) is 15.1. The summed E-state index contributed by atoms with van der Waals surface area (Å²) in [5, 5.41) is 13.8. The number of hydrogen-bond donors (Lipinski definition) is 2. The van der Waals surface area contributed by atoms with E-state index in [1.807, 2.05) is 18.2 Å². The van der Waals surface area contributed by atoms with Gasteiger partial charge in [-0.05, 0) is 51.2 Å². The van der Waals surface area contributed by atoms with Crippen LogP contribution in [-0.4, -0.2) is 17.1 Å². The van der Waals surface area contributed by atoms with E-state index < -0.39 is 5.97 Å². The highest BCUT2D eigenvalue weighted by Gasteiger charge is 2.27. The quantitative estimate of drug-likeness (QED) is 0.894. The molecule has 0 spiro atoms. The van der Waals surface area contributed by atoms with E-state index in [0.29, 0.717) is 6.04 Å². The number of fused-ring (bicyclic) bond motifs is 1. The lowest BCUT2D eigenvalue weighted by molar-refractivity contribution is -0.142. The summed E-state index contributed by atoms with van der Waals surface area (Å²) in [6.45, 7) is 4.22. The molecule has 118 valence electrons. The molecule has 1 saturated carbocycles. The fourth-order valence-corrected chi connectivity index (χ4v) is 3.54. The molecule has 1 atom stereocenters. The average Bonchev–Trinajstić information content (AvgIpc) is 2.85. The predicted molar refractivity (Wildman–Crippen MR) is 85.9 cm³/mol. The summed E-state index contributed by atoms with van der Waals surface area (Å²) in [5.41, 5.74) is 2.12. The van der Waals surface area contributed by atoms with E-state index in [1.54, 1.807) is 0 Å². The molecule has 4 heteroatoms. The Morgan fingerprint density at radius 3 is 2.59 bits per heavy atom. The van der Waals surface area contributed by atoms with Crippen molar-refractivity contribution in [3.05, 3.63) is 35.6 Å². The Kier molecular flexibility index (Phi) is 4.21. The molecule has 0 amide bonds. The standard InChI is InChI=1S/C18H23NO3/c1-11-15-5-3-4-6-16(15)22-17(11)12(2)19-14-9-7-13(8-10-14)18(20)21/h3-6,12-14,19H,7-10H2,1-2H3,(H,20,21)/t12-,13?,14?/m1/s1. The molecule has 1 aromatic heterocycles. The number of carboxylic acid groups (broad SMARTS) is 1. The van der Waals surface area contributed by atoms with Gasteiger partial charge in [-0.1, -0.05) is 18.2 Å². The third-order valence-corrected chi connectivity index (χ3v) is 4.84. The van der Waals surface area contributed by atoms with Gasteiger partial charge in [0.1, 0.15) is 11.3 Å². The maximum atomic E-state index is 11.0. The zero-order valence-corrected chi connectivity index (χ0v) is 13.1. The van der Waals surface area contributed by atoms with Crippen LogP contribution in [0.15, 0.2) is 28.7 Å². The average molecular weight is 301 g/mol. The number of rotatable bonds is 4. The van der Waals surface area contributed by atoms with Gasteiger partial charge in [0.15, 0.2) is 0 Å². The fraction of sp³-hybridized carbons (Fsp3) is 0.500. The first-order valence-electron chi connectivity index (χ1n) is 8.03. The van der Waals surface area contributed by atoms with Crippen LogP contribution in [0.25, 0.3) is 11.0 Å². The van der Waals surface area contributed by atoms with Gasteiger partial charge < -0.3 is 14.8 Å². The van der Waals surface area contributed by atoms with Gasteiger partial charge in [0.2, 0.25) is 0 Å². The lowest BCUT2D eigenvalue weighted by Gasteiger charge is -2.29. The third kappa shape index (κ3) is 2.88. The van der Waals surface area contributed by atoms with Crippen molar-refractivity contribution < 1.29 is 14.3 Å². The molecule has 0 saturated heterocycles. The molecule has 1 aliphatic carbocycles. The van der Waals surface area contributed by atoms with E-state index >= 15 is 0 Å². The van der Waals surface area contributed by atoms with Crippen LogP contribution in [0.1, 0.15) is 50.0 Å². The fourth-order valence-electron chi connectivity index (χ4n) is 3.54. The van der Waals surface area contributed by atoms with E-state index in [2.05, 4.69) is 25.2 Å². The SMILES string of the molecule is Cc1c([C@@H](C)NC2CCC(C(=O)O)CC2)oc2ccccc12. The maximum absolute atomic E-state index is 11.0. The summed E-state index contributed by atoms with van der Waals surface area (Å²) < 4.78 is 6.00. The number of para-hydroxylation sites is 1. The maximum Gasteiger partial charge on any atom is 0.306 e. The molecule has 3 rings (SSSR count). The molecule has 4 nitrogen and oxygen atoms in total. The van der Waals surface area contributed by atoms with E-state index in [9.17, 15) is 4.79 Å². The van der Waals surface area contributed by atoms with Crippen LogP contribution in [0.5, 0.6) is 0 Å². The summed E-state index contributed by atoms with van der Waals surface area (Å²) in [5.74, 6) is 0.169. The van der Waals surface area contributed by atoms with E-state index in [1.165, 1.54) is 10.9 Å². The molecule has 1 heterocycles. The van der Waals surface area contributed by atoms with Gasteiger partial charge in [-0.3, -0.25) is 4.79 Å². The highest BCUT2D eigenvalue weighted by molar-refractivity contribution is 5.82. The minimum absolute atomic E-state index is 0.138. The zero-order chi connectivity index (χ0) is 15.7. The van der Waals surface area contributed by atoms with Gasteiger partial charge in [-0.25, -0.2) is 0 Å². The number of hydrogen-bond acceptors (Lipinski definition) is 3. The lowest BCUT2D eigenvalue weighted by Crippen LogP contribution is -2.36. The second-order valence-corrected chi connectivity index (χ2v) is 6.36. The van der Waals surface area contributed by atoms with Gasteiger partial charge in [0, 0.05) is 11.4 Å². The number of aliphatic carboxylic acids is 1. The van der Waals surface area contributed by atoms with Crippen molar-refractivity contribution in [3.63, 3.8) is 0 Å². The highest BCUT2D eigenvalue weighted by atomic mass is 16.4. The molecule has 2 N–H and O–H groups in total. The van der Waals surface area contributed by atoms with Crippen LogP contribution < -0.4 is 5.32 Å². The van der Waals surface area contributed by atoms with Crippen LogP contribution in [0.3, 0.4) is 0 Å². The minimum Gasteiger partial charge on any atom is -0.481 e. The van der Waals surface area contributed by atoms with Crippen LogP contribution >= 0.6 is 0 Å². The summed E-state index contributed by atoms with van der Waals surface area (Å²) >= 11 is 0. The second-order valence-electron chi connectivity index (χ2n) is 6.36. The predicted octanol–water partition coefficient (Wildman–Crippen LogP) is 4.04. The number of nitrogens with one attached hydrogen (secondary N) is 1. The number of carboxylic acids is 1. The Bertz CT molecular complexity index is 668. The summed E-state index contributed by atoms with van der Waals surface area (Å²) in [4.78, 5) is 11.0. The van der Waals surface area contributed by atoms with Gasteiger partial charge in [0.25, 0.3) is 0 Å². The number of carbonyl (C=O) groups is 1. The molecule has 0 bridgehead atoms. The molecule has 2 aromatic rings. The molecule has 22 heavy (non-hydrogen) atoms. The van der Waals surface area contributed by atoms with E-state index in [4.69, 9.17) is 9.52 Å². The monoisotopic (exact) mass is 301 g/mol. The smallest absolute Gasteiger partial charge is 0.306 e. The Labute approximate surface area is 130 Å². The number of furan rings is 1. The first-order valence-corrected chi connectivity index (χ1v) is 8.03. The van der Waals surface area contributed by atoms with Crippen LogP contribution in [0.4, 0.5) is 0 Å². The molecular weight excluding hydrogens is 278 g/mol. The normalized spacial score (nSPS) is 23.5. The van der Waals surface area contributed by atoms with Gasteiger partial charge in [0.05, 0.1) is 12.0 Å². The summed E-state index contributed by atoms with van der Waals surface area (Å²) in [6.07, 6.45) is 3.36. The largest absolute Gasteiger partial charge is 0.481 e. The summed E-state index contributed by atoms with van der Waals surface area (Å²) in [7, 11) is 0. The van der Waals surface area contributed by atoms with Gasteiger partial charge in [-0.2, -0.15) is 0 Å².